The van der Waals surface area contributed by atoms with E-state index >= 15 is 0 Å². The molecule has 2 atom stereocenters. The molecule has 3 nitrogen and oxygen atoms in total. The second-order valence-corrected chi connectivity index (χ2v) is 6.04. The van der Waals surface area contributed by atoms with Crippen LogP contribution in [-0.2, 0) is 10.8 Å². The highest BCUT2D eigenvalue weighted by Crippen LogP contribution is 2.25. The van der Waals surface area contributed by atoms with Gasteiger partial charge < -0.3 is 10.5 Å². The van der Waals surface area contributed by atoms with E-state index < -0.39 is 16.8 Å². The number of hydrogen-bond donors (Lipinski definition) is 1. The summed E-state index contributed by atoms with van der Waals surface area (Å²) in [4.78, 5) is 0.570. The molecule has 0 aliphatic rings. The average Bonchev–Trinajstić information content (AvgIpc) is 2.48. The lowest BCUT2D eigenvalue weighted by Gasteiger charge is -2.16. The zero-order chi connectivity index (χ0) is 15.2. The van der Waals surface area contributed by atoms with E-state index in [1.165, 1.54) is 24.3 Å². The standard InChI is InChI=1S/C16H18FNO2S/c1-2-20-16-6-4-3-5-14(16)15(18)11-21(19)13-9-7-12(17)8-10-13/h3-10,15H,2,11,18H2,1H3. The first-order valence-electron chi connectivity index (χ1n) is 6.73. The molecule has 0 saturated heterocycles. The summed E-state index contributed by atoms with van der Waals surface area (Å²) in [6.07, 6.45) is 0. The predicted octanol–water partition coefficient (Wildman–Crippen LogP) is 3.03. The van der Waals surface area contributed by atoms with Crippen LogP contribution in [0.3, 0.4) is 0 Å². The van der Waals surface area contributed by atoms with Crippen LogP contribution >= 0.6 is 0 Å². The van der Waals surface area contributed by atoms with E-state index in [2.05, 4.69) is 0 Å². The van der Waals surface area contributed by atoms with Gasteiger partial charge in [0.05, 0.1) is 17.4 Å². The highest BCUT2D eigenvalue weighted by molar-refractivity contribution is 7.85. The van der Waals surface area contributed by atoms with Crippen molar-refractivity contribution in [1.29, 1.82) is 0 Å². The molecule has 0 bridgehead atoms. The highest BCUT2D eigenvalue weighted by Gasteiger charge is 2.16. The minimum absolute atomic E-state index is 0.260. The van der Waals surface area contributed by atoms with Gasteiger partial charge >= 0.3 is 0 Å². The summed E-state index contributed by atoms with van der Waals surface area (Å²) in [5.74, 6) is 0.626. The maximum atomic E-state index is 12.9. The van der Waals surface area contributed by atoms with Crippen molar-refractivity contribution >= 4 is 10.8 Å². The Morgan fingerprint density at radius 3 is 2.52 bits per heavy atom. The van der Waals surface area contributed by atoms with Crippen molar-refractivity contribution in [2.75, 3.05) is 12.4 Å². The van der Waals surface area contributed by atoms with Crippen LogP contribution in [0.25, 0.3) is 0 Å². The Kier molecular flexibility index (Phi) is 5.47. The molecule has 112 valence electrons. The van der Waals surface area contributed by atoms with E-state index in [0.29, 0.717) is 17.3 Å². The van der Waals surface area contributed by atoms with Crippen LogP contribution in [-0.4, -0.2) is 16.6 Å². The lowest BCUT2D eigenvalue weighted by atomic mass is 10.1. The minimum Gasteiger partial charge on any atom is -0.494 e. The third-order valence-electron chi connectivity index (χ3n) is 3.03. The molecule has 0 aromatic heterocycles. The van der Waals surface area contributed by atoms with Gasteiger partial charge in [0.1, 0.15) is 11.6 Å². The highest BCUT2D eigenvalue weighted by atomic mass is 32.2. The molecule has 0 aliphatic carbocycles. The Labute approximate surface area is 126 Å². The number of benzene rings is 2. The third kappa shape index (κ3) is 4.12. The van der Waals surface area contributed by atoms with Gasteiger partial charge in [-0.3, -0.25) is 4.21 Å². The Hall–Kier alpha value is -1.72. The van der Waals surface area contributed by atoms with Gasteiger partial charge in [0.15, 0.2) is 0 Å². The zero-order valence-electron chi connectivity index (χ0n) is 11.8. The first-order valence-corrected chi connectivity index (χ1v) is 8.05. The summed E-state index contributed by atoms with van der Waals surface area (Å²) in [6, 6.07) is 12.7. The molecule has 2 rings (SSSR count). The lowest BCUT2D eigenvalue weighted by Crippen LogP contribution is -2.19. The second-order valence-electron chi connectivity index (χ2n) is 4.54. The van der Waals surface area contributed by atoms with Crippen molar-refractivity contribution < 1.29 is 13.3 Å². The molecule has 2 aromatic rings. The molecule has 0 fully saturated rings. The Bertz CT molecular complexity index is 616. The van der Waals surface area contributed by atoms with Gasteiger partial charge in [0, 0.05) is 22.3 Å². The van der Waals surface area contributed by atoms with Crippen LogP contribution in [0.5, 0.6) is 5.75 Å². The molecule has 2 aromatic carbocycles. The molecule has 0 saturated carbocycles. The van der Waals surface area contributed by atoms with Gasteiger partial charge in [-0.25, -0.2) is 4.39 Å². The lowest BCUT2D eigenvalue weighted by molar-refractivity contribution is 0.335. The van der Waals surface area contributed by atoms with Crippen molar-refractivity contribution in [2.45, 2.75) is 17.9 Å². The quantitative estimate of drug-likeness (QED) is 0.892. The molecule has 21 heavy (non-hydrogen) atoms. The first kappa shape index (κ1) is 15.7. The number of rotatable bonds is 6. The molecular weight excluding hydrogens is 289 g/mol. The molecule has 0 amide bonds. The molecule has 2 N–H and O–H groups in total. The van der Waals surface area contributed by atoms with Crippen LogP contribution in [0.15, 0.2) is 53.4 Å². The predicted molar refractivity (Wildman–Crippen MR) is 82.2 cm³/mol. The van der Waals surface area contributed by atoms with E-state index in [0.717, 1.165) is 5.56 Å². The summed E-state index contributed by atoms with van der Waals surface area (Å²) in [5, 5.41) is 0. The fourth-order valence-electron chi connectivity index (χ4n) is 2.01. The van der Waals surface area contributed by atoms with Crippen LogP contribution in [0.4, 0.5) is 4.39 Å². The summed E-state index contributed by atoms with van der Waals surface area (Å²) in [6.45, 7) is 2.45. The van der Waals surface area contributed by atoms with Gasteiger partial charge in [0.2, 0.25) is 0 Å². The molecule has 0 aliphatic heterocycles. The monoisotopic (exact) mass is 307 g/mol. The minimum atomic E-state index is -1.28. The molecular formula is C16H18FNO2S. The zero-order valence-corrected chi connectivity index (χ0v) is 12.6. The summed E-state index contributed by atoms with van der Waals surface area (Å²) < 4.78 is 30.7. The number of para-hydroxylation sites is 1. The summed E-state index contributed by atoms with van der Waals surface area (Å²) in [7, 11) is -1.28. The summed E-state index contributed by atoms with van der Waals surface area (Å²) in [5.41, 5.74) is 6.98. The first-order chi connectivity index (χ1) is 10.1. The Morgan fingerprint density at radius 2 is 1.86 bits per heavy atom. The molecule has 0 radical (unpaired) electrons. The number of nitrogens with two attached hydrogens (primary N) is 1. The fourth-order valence-corrected chi connectivity index (χ4v) is 3.15. The van der Waals surface area contributed by atoms with Gasteiger partial charge in [-0.1, -0.05) is 18.2 Å². The van der Waals surface area contributed by atoms with Gasteiger partial charge in [-0.15, -0.1) is 0 Å². The molecule has 2 unspecified atom stereocenters. The second kappa shape index (κ2) is 7.33. The molecule has 5 heteroatoms. The smallest absolute Gasteiger partial charge is 0.124 e. The fraction of sp³-hybridized carbons (Fsp3) is 0.250. The van der Waals surface area contributed by atoms with E-state index in [9.17, 15) is 8.60 Å². The van der Waals surface area contributed by atoms with E-state index in [1.54, 1.807) is 0 Å². The number of hydrogen-bond acceptors (Lipinski definition) is 3. The summed E-state index contributed by atoms with van der Waals surface area (Å²) >= 11 is 0. The van der Waals surface area contributed by atoms with E-state index in [-0.39, 0.29) is 11.6 Å². The van der Waals surface area contributed by atoms with Gasteiger partial charge in [0.25, 0.3) is 0 Å². The topological polar surface area (TPSA) is 52.3 Å². The van der Waals surface area contributed by atoms with Crippen molar-refractivity contribution in [2.24, 2.45) is 5.73 Å². The van der Waals surface area contributed by atoms with Crippen molar-refractivity contribution in [3.63, 3.8) is 0 Å². The number of halogens is 1. The van der Waals surface area contributed by atoms with Gasteiger partial charge in [-0.2, -0.15) is 0 Å². The molecule has 0 spiro atoms. The van der Waals surface area contributed by atoms with Crippen LogP contribution in [0.1, 0.15) is 18.5 Å². The van der Waals surface area contributed by atoms with Crippen molar-refractivity contribution in [1.82, 2.24) is 0 Å². The van der Waals surface area contributed by atoms with E-state index in [1.807, 2.05) is 31.2 Å². The Balaban J connectivity index is 2.12. The average molecular weight is 307 g/mol. The van der Waals surface area contributed by atoms with Crippen molar-refractivity contribution in [3.8, 4) is 5.75 Å². The van der Waals surface area contributed by atoms with Gasteiger partial charge in [-0.05, 0) is 37.3 Å². The van der Waals surface area contributed by atoms with Crippen LogP contribution in [0.2, 0.25) is 0 Å². The van der Waals surface area contributed by atoms with Crippen LogP contribution in [0, 0.1) is 5.82 Å². The van der Waals surface area contributed by atoms with Crippen molar-refractivity contribution in [3.05, 3.63) is 59.9 Å². The third-order valence-corrected chi connectivity index (χ3v) is 4.49. The SMILES string of the molecule is CCOc1ccccc1C(N)CS(=O)c1ccc(F)cc1. The largest absolute Gasteiger partial charge is 0.494 e. The maximum Gasteiger partial charge on any atom is 0.124 e. The normalized spacial score (nSPS) is 13.7. The Morgan fingerprint density at radius 1 is 1.19 bits per heavy atom. The number of ether oxygens (including phenoxy) is 1. The van der Waals surface area contributed by atoms with Crippen LogP contribution < -0.4 is 10.5 Å². The van der Waals surface area contributed by atoms with E-state index in [4.69, 9.17) is 10.5 Å². The maximum absolute atomic E-state index is 12.9. The molecule has 0 heterocycles.